The number of esters is 1. The van der Waals surface area contributed by atoms with Gasteiger partial charge in [-0.25, -0.2) is 0 Å². The first-order valence-corrected chi connectivity index (χ1v) is 22.5. The van der Waals surface area contributed by atoms with Crippen molar-refractivity contribution in [2.45, 2.75) is 213 Å². The molecule has 12 nitrogen and oxygen atoms in total. The van der Waals surface area contributed by atoms with E-state index in [1.54, 1.807) is 20.8 Å². The van der Waals surface area contributed by atoms with Crippen LogP contribution < -0.4 is 56.5 Å². The van der Waals surface area contributed by atoms with Gasteiger partial charge in [0.05, 0.1) is 53.7 Å². The van der Waals surface area contributed by atoms with E-state index < -0.39 is 89.0 Å². The monoisotopic (exact) mass is 858 g/mol. The topological polar surface area (TPSA) is 170 Å². The first-order valence-electron chi connectivity index (χ1n) is 22.5. The van der Waals surface area contributed by atoms with Gasteiger partial charge < -0.3 is 48.5 Å². The van der Waals surface area contributed by atoms with E-state index in [4.69, 9.17) is 28.4 Å². The van der Waals surface area contributed by atoms with Gasteiger partial charge in [-0.2, -0.15) is 0 Å². The van der Waals surface area contributed by atoms with E-state index in [1.165, 1.54) is 0 Å². The number of aliphatic hydroxyl groups is 2. The molecule has 59 heavy (non-hydrogen) atoms. The van der Waals surface area contributed by atoms with Crippen molar-refractivity contribution in [1.29, 1.82) is 0 Å². The van der Waals surface area contributed by atoms with Crippen LogP contribution in [0.1, 0.15) is 147 Å². The molecule has 5 rings (SSSR count). The largest absolute Gasteiger partial charge is 1.00 e. The van der Waals surface area contributed by atoms with Gasteiger partial charge in [0.15, 0.2) is 11.9 Å². The molecule has 5 aliphatic heterocycles. The Hall–Kier alpha value is -0.294. The Morgan fingerprint density at radius 2 is 1.54 bits per heavy atom. The first-order chi connectivity index (χ1) is 27.1. The van der Waals surface area contributed by atoms with E-state index in [2.05, 4.69) is 13.8 Å². The molecule has 2 spiro atoms. The molecule has 5 aliphatic rings. The van der Waals surface area contributed by atoms with Crippen LogP contribution in [-0.2, 0) is 42.8 Å². The quantitative estimate of drug-likeness (QED) is 0.149. The van der Waals surface area contributed by atoms with Crippen LogP contribution in [0, 0.1) is 47.3 Å². The number of carboxylic acids is 1. The molecule has 0 radical (unpaired) electrons. The predicted molar refractivity (Wildman–Crippen MR) is 215 cm³/mol. The van der Waals surface area contributed by atoms with Crippen LogP contribution in [0.15, 0.2) is 12.2 Å². The van der Waals surface area contributed by atoms with Crippen LogP contribution in [0.4, 0.5) is 0 Å². The summed E-state index contributed by atoms with van der Waals surface area (Å²) in [6, 6.07) is 0. The zero-order chi connectivity index (χ0) is 43.1. The summed E-state index contributed by atoms with van der Waals surface area (Å²) >= 11 is 0. The van der Waals surface area contributed by atoms with Crippen LogP contribution in [0.3, 0.4) is 0 Å². The maximum Gasteiger partial charge on any atom is 1.00 e. The van der Waals surface area contributed by atoms with Crippen LogP contribution in [0.25, 0.3) is 0 Å². The van der Waals surface area contributed by atoms with Crippen molar-refractivity contribution in [3.05, 3.63) is 12.2 Å². The molecular weight excluding hydrogens is 784 g/mol. The Morgan fingerprint density at radius 3 is 2.12 bits per heavy atom. The molecule has 13 heteroatoms. The molecule has 0 aromatic heterocycles. The Kier molecular flexibility index (Phi) is 17.6. The summed E-state index contributed by atoms with van der Waals surface area (Å²) in [5.41, 5.74) is -1.72. The number of ether oxygens (including phenoxy) is 6. The van der Waals surface area contributed by atoms with Gasteiger partial charge in [0.2, 0.25) is 5.79 Å². The van der Waals surface area contributed by atoms with Crippen LogP contribution in [0.2, 0.25) is 0 Å². The second-order valence-corrected chi connectivity index (χ2v) is 19.5. The number of hydrogen-bond acceptors (Lipinski definition) is 12. The number of carbonyl (C=O) groups excluding carboxylic acids is 3. The maximum atomic E-state index is 14.6. The second-order valence-electron chi connectivity index (χ2n) is 19.5. The van der Waals surface area contributed by atoms with Crippen LogP contribution >= 0.6 is 0 Å². The minimum atomic E-state index is -1.40. The molecule has 0 aromatic carbocycles. The normalized spacial score (nSPS) is 42.5. The predicted octanol–water partition coefficient (Wildman–Crippen LogP) is 3.06. The Morgan fingerprint density at radius 1 is 0.881 bits per heavy atom. The van der Waals surface area contributed by atoms with Gasteiger partial charge >= 0.3 is 57.4 Å². The van der Waals surface area contributed by atoms with Crippen molar-refractivity contribution in [3.63, 3.8) is 0 Å². The smallest absolute Gasteiger partial charge is 0.550 e. The van der Waals surface area contributed by atoms with Gasteiger partial charge in [0.1, 0.15) is 5.78 Å². The van der Waals surface area contributed by atoms with Crippen molar-refractivity contribution in [1.82, 2.24) is 0 Å². The average molecular weight is 859 g/mol. The van der Waals surface area contributed by atoms with Gasteiger partial charge in [-0.3, -0.25) is 9.59 Å². The summed E-state index contributed by atoms with van der Waals surface area (Å²) in [6.45, 7) is 23.1. The molecule has 0 amide bonds. The van der Waals surface area contributed by atoms with E-state index in [0.29, 0.717) is 57.8 Å². The molecule has 332 valence electrons. The summed E-state index contributed by atoms with van der Waals surface area (Å²) in [5.74, 6) is -7.27. The van der Waals surface area contributed by atoms with Crippen molar-refractivity contribution in [2.75, 3.05) is 0 Å². The first kappa shape index (κ1) is 51.3. The van der Waals surface area contributed by atoms with E-state index in [9.17, 15) is 29.7 Å². The number of hydrogen-bond donors (Lipinski definition) is 2. The molecule has 5 heterocycles. The van der Waals surface area contributed by atoms with Gasteiger partial charge in [-0.15, -0.1) is 0 Å². The summed E-state index contributed by atoms with van der Waals surface area (Å²) in [6.07, 6.45) is 5.21. The summed E-state index contributed by atoms with van der Waals surface area (Å²) in [5, 5.41) is 34.8. The molecule has 0 bridgehead atoms. The van der Waals surface area contributed by atoms with Crippen LogP contribution in [0.5, 0.6) is 0 Å². The van der Waals surface area contributed by atoms with E-state index in [0.717, 1.165) is 6.42 Å². The molecular formula is C46H75KO12. The van der Waals surface area contributed by atoms with Gasteiger partial charge in [-0.05, 0) is 95.6 Å². The molecule has 0 aromatic rings. The average Bonchev–Trinajstić information content (AvgIpc) is 3.52. The summed E-state index contributed by atoms with van der Waals surface area (Å²) < 4.78 is 40.3. The number of carbonyl (C=O) groups is 3. The van der Waals surface area contributed by atoms with E-state index in [-0.39, 0.29) is 92.9 Å². The van der Waals surface area contributed by atoms with E-state index >= 15 is 0 Å². The third-order valence-electron chi connectivity index (χ3n) is 15.1. The number of rotatable bonds is 14. The number of aliphatic carboxylic acids is 1. The third kappa shape index (κ3) is 10.3. The Labute approximate surface area is 396 Å². The number of aliphatic hydroxyl groups excluding tert-OH is 1. The third-order valence-corrected chi connectivity index (χ3v) is 15.1. The Bertz CT molecular complexity index is 1490. The fraction of sp³-hybridized carbons (Fsp3) is 0.891. The standard InChI is InChI=1S/C46H76O12.K/c1-13-32(41(49)50)34-17-16-26(6)39(54-34)30(10)37(47)29(9)38(48)33(14-2)40-27(7)24-28(8)45(56-40)21-19-36(55-42(51)25(4)5)46(58-45)23-22-43(12,57-46)35-18-20-44(52,15-3)31(11)53-35;/h19,21,25-37,39-40,47,52H,13-18,20,22-24H2,1-12H3,(H,49,50);/q;+1/p-1/t26-,27-,28+,29-,30-,31-,32+,33-,34+,35+,36+,37+,39+,40-,43-,44+,45-,46-;/m0./s1. The zero-order valence-corrected chi connectivity index (χ0v) is 41.5. The molecule has 4 saturated heterocycles. The Balaban J connectivity index is 0.00000769. The molecule has 0 saturated carbocycles. The minimum Gasteiger partial charge on any atom is -0.550 e. The summed E-state index contributed by atoms with van der Waals surface area (Å²) in [7, 11) is 0. The fourth-order valence-corrected chi connectivity index (χ4v) is 10.9. The van der Waals surface area contributed by atoms with Crippen molar-refractivity contribution in [3.8, 4) is 0 Å². The van der Waals surface area contributed by atoms with Gasteiger partial charge in [-0.1, -0.05) is 69.2 Å². The second kappa shape index (κ2) is 20.3. The minimum absolute atomic E-state index is 0. The van der Waals surface area contributed by atoms with Crippen molar-refractivity contribution < 1.29 is 110 Å². The molecule has 18 atom stereocenters. The van der Waals surface area contributed by atoms with E-state index in [1.807, 2.05) is 60.6 Å². The fourth-order valence-electron chi connectivity index (χ4n) is 10.9. The van der Waals surface area contributed by atoms with Crippen LogP contribution in [-0.4, -0.2) is 93.4 Å². The molecule has 4 fully saturated rings. The molecule has 0 unspecified atom stereocenters. The summed E-state index contributed by atoms with van der Waals surface area (Å²) in [4.78, 5) is 39.6. The SMILES string of the molecule is CC[C@@H](C(=O)[C@@H](C)[C@@H](O)[C@H](C)[C@@H]1O[C@@H]([C@@H](CC)C(=O)[O-])CC[C@@H]1C)[C@H]1O[C@]2(C=C[C@@H](OC(=O)C(C)C)[C@]3(CC[C@@](C)([C@H]4CC[C@](O)(CC)[C@H](C)O4)O3)O2)[C@H](C)C[C@@H]1C.[K+]. The molecule has 0 aliphatic carbocycles. The van der Waals surface area contributed by atoms with Crippen molar-refractivity contribution in [2.24, 2.45) is 47.3 Å². The van der Waals surface area contributed by atoms with Crippen molar-refractivity contribution >= 4 is 17.7 Å². The maximum absolute atomic E-state index is 14.6. The zero-order valence-electron chi connectivity index (χ0n) is 38.4. The molecule has 2 N–H and O–H groups in total. The number of ketones is 1. The van der Waals surface area contributed by atoms with Gasteiger partial charge in [0.25, 0.3) is 0 Å². The van der Waals surface area contributed by atoms with Gasteiger partial charge in [0, 0.05) is 42.0 Å². The number of Topliss-reactive ketones (excluding diaryl/α,β-unsaturated/α-hetero) is 1. The number of carboxylic acid groups (broad SMARTS) is 1.